The Morgan fingerprint density at radius 1 is 0.318 bits per heavy atom. The van der Waals surface area contributed by atoms with Gasteiger partial charge in [0.1, 0.15) is 0 Å². The van der Waals surface area contributed by atoms with Crippen molar-refractivity contribution in [2.24, 2.45) is 0 Å². The Balaban J connectivity index is 1.02. The Hall–Kier alpha value is -8.20. The number of fused-ring (bicyclic) bond motifs is 9. The summed E-state index contributed by atoms with van der Waals surface area (Å²) in [6.07, 6.45) is 0. The molecule has 0 radical (unpaired) electrons. The molecular formula is C64H44N2. The molecule has 13 rings (SSSR count). The molecule has 66 heavy (non-hydrogen) atoms. The Bertz CT molecular complexity index is 3680. The lowest BCUT2D eigenvalue weighted by molar-refractivity contribution is 0.666. The largest absolute Gasteiger partial charge is 0.228 e. The first kappa shape index (κ1) is 38.3. The number of rotatable bonds is 6. The highest BCUT2D eigenvalue weighted by Crippen LogP contribution is 2.59. The molecule has 0 fully saturated rings. The van der Waals surface area contributed by atoms with Gasteiger partial charge in [-0.3, -0.25) is 0 Å². The van der Waals surface area contributed by atoms with E-state index in [9.17, 15) is 0 Å². The summed E-state index contributed by atoms with van der Waals surface area (Å²) in [6.45, 7) is 4.77. The van der Waals surface area contributed by atoms with Gasteiger partial charge in [-0.2, -0.15) is 0 Å². The molecule has 1 heterocycles. The Morgan fingerprint density at radius 2 is 0.848 bits per heavy atom. The highest BCUT2D eigenvalue weighted by atomic mass is 14.9. The van der Waals surface area contributed by atoms with Gasteiger partial charge in [0.15, 0.2) is 5.82 Å². The van der Waals surface area contributed by atoms with Gasteiger partial charge in [-0.25, -0.2) is 9.97 Å². The second kappa shape index (κ2) is 14.7. The van der Waals surface area contributed by atoms with Crippen LogP contribution in [0.2, 0.25) is 0 Å². The third-order valence-electron chi connectivity index (χ3n) is 14.6. The first-order valence-electron chi connectivity index (χ1n) is 23.0. The zero-order chi connectivity index (χ0) is 44.0. The van der Waals surface area contributed by atoms with Crippen molar-refractivity contribution in [2.45, 2.75) is 24.7 Å². The summed E-state index contributed by atoms with van der Waals surface area (Å²) in [6, 6.07) is 84.3. The van der Waals surface area contributed by atoms with Crippen molar-refractivity contribution < 1.29 is 0 Å². The van der Waals surface area contributed by atoms with E-state index in [-0.39, 0.29) is 5.41 Å². The quantitative estimate of drug-likeness (QED) is 0.167. The van der Waals surface area contributed by atoms with E-state index in [2.05, 4.69) is 244 Å². The minimum atomic E-state index is -0.587. The van der Waals surface area contributed by atoms with Crippen LogP contribution < -0.4 is 0 Å². The zero-order valence-electron chi connectivity index (χ0n) is 36.8. The number of nitrogens with zero attached hydrogens (tertiary/aromatic N) is 2. The van der Waals surface area contributed by atoms with Gasteiger partial charge in [0, 0.05) is 22.1 Å². The molecule has 0 bridgehead atoms. The van der Waals surface area contributed by atoms with Crippen molar-refractivity contribution in [2.75, 3.05) is 0 Å². The van der Waals surface area contributed by atoms with E-state index >= 15 is 0 Å². The molecule has 0 aliphatic heterocycles. The Labute approximate surface area is 385 Å². The molecule has 2 heteroatoms. The topological polar surface area (TPSA) is 25.8 Å². The SMILES string of the molecule is CC1(C)c2cc(-c3ccc(-c4nc(-c5ccccc5)cc(-c5cccc6c5C(c5ccccc5)(c5ccccc5)c5ccccc5-6)n4)c4ccccc34)ccc2-c2ccc3ccccc3c21. The second-order valence-corrected chi connectivity index (χ2v) is 18.4. The number of hydrogen-bond donors (Lipinski definition) is 0. The van der Waals surface area contributed by atoms with Crippen LogP contribution in [0.1, 0.15) is 47.2 Å². The summed E-state index contributed by atoms with van der Waals surface area (Å²) in [5.41, 5.74) is 19.4. The molecule has 0 atom stereocenters. The van der Waals surface area contributed by atoms with Crippen LogP contribution in [0.25, 0.3) is 88.8 Å². The van der Waals surface area contributed by atoms with Crippen molar-refractivity contribution in [1.82, 2.24) is 9.97 Å². The highest BCUT2D eigenvalue weighted by molar-refractivity contribution is 6.05. The van der Waals surface area contributed by atoms with Crippen LogP contribution >= 0.6 is 0 Å². The first-order chi connectivity index (χ1) is 32.5. The molecule has 2 aliphatic carbocycles. The molecule has 0 amide bonds. The van der Waals surface area contributed by atoms with E-state index in [4.69, 9.17) is 9.97 Å². The lowest BCUT2D eigenvalue weighted by Crippen LogP contribution is -2.29. The van der Waals surface area contributed by atoms with E-state index in [1.54, 1.807) is 0 Å². The average Bonchev–Trinajstić information content (AvgIpc) is 3.82. The molecule has 0 spiro atoms. The third kappa shape index (κ3) is 5.55. The summed E-state index contributed by atoms with van der Waals surface area (Å²) >= 11 is 0. The Morgan fingerprint density at radius 3 is 1.61 bits per heavy atom. The lowest BCUT2D eigenvalue weighted by Gasteiger charge is -2.35. The van der Waals surface area contributed by atoms with Crippen LogP contribution in [0, 0.1) is 0 Å². The molecule has 0 saturated carbocycles. The van der Waals surface area contributed by atoms with Crippen LogP contribution in [0.5, 0.6) is 0 Å². The van der Waals surface area contributed by atoms with E-state index < -0.39 is 5.41 Å². The van der Waals surface area contributed by atoms with Crippen molar-refractivity contribution in [3.63, 3.8) is 0 Å². The molecule has 0 N–H and O–H groups in total. The molecule has 310 valence electrons. The van der Waals surface area contributed by atoms with Crippen molar-refractivity contribution in [3.8, 4) is 67.3 Å². The molecular weight excluding hydrogens is 797 g/mol. The van der Waals surface area contributed by atoms with Crippen LogP contribution in [0.15, 0.2) is 231 Å². The zero-order valence-corrected chi connectivity index (χ0v) is 36.8. The molecule has 1 aromatic heterocycles. The summed E-state index contributed by atoms with van der Waals surface area (Å²) in [5, 5.41) is 4.91. The van der Waals surface area contributed by atoms with Gasteiger partial charge in [-0.05, 0) is 107 Å². The molecule has 0 unspecified atom stereocenters. The van der Waals surface area contributed by atoms with Crippen molar-refractivity contribution >= 4 is 21.5 Å². The first-order valence-corrected chi connectivity index (χ1v) is 23.0. The highest BCUT2D eigenvalue weighted by Gasteiger charge is 2.47. The van der Waals surface area contributed by atoms with Crippen molar-refractivity contribution in [1.29, 1.82) is 0 Å². The van der Waals surface area contributed by atoms with E-state index in [1.807, 2.05) is 0 Å². The minimum Gasteiger partial charge on any atom is -0.228 e. The fourth-order valence-electron chi connectivity index (χ4n) is 11.7. The minimum absolute atomic E-state index is 0.156. The summed E-state index contributed by atoms with van der Waals surface area (Å²) in [5.74, 6) is 0.699. The molecule has 0 saturated heterocycles. The van der Waals surface area contributed by atoms with Crippen molar-refractivity contribution in [3.05, 3.63) is 264 Å². The average molecular weight is 841 g/mol. The molecule has 2 aliphatic rings. The van der Waals surface area contributed by atoms with Crippen LogP contribution in [-0.4, -0.2) is 9.97 Å². The van der Waals surface area contributed by atoms with E-state index in [0.717, 1.165) is 33.5 Å². The van der Waals surface area contributed by atoms with E-state index in [0.29, 0.717) is 5.82 Å². The van der Waals surface area contributed by atoms with Gasteiger partial charge in [0.2, 0.25) is 0 Å². The maximum absolute atomic E-state index is 5.65. The number of aromatic nitrogens is 2. The Kier molecular flexibility index (Phi) is 8.51. The fourth-order valence-corrected chi connectivity index (χ4v) is 11.7. The standard InChI is InChI=1S/C64H44N2/c1-63(2)57-39-43(34-35-51(57)53-36-33-41-19-12-13-26-47(41)60(53)63)46-37-38-54(49-28-15-14-27-48(46)49)62-65-58(42-20-6-3-7-21-42)40-59(66-62)55-31-18-30-52-50-29-16-17-32-56(50)64(61(52)55,44-22-8-4-9-23-44)45-24-10-5-11-25-45/h3-40H,1-2H3. The van der Waals surface area contributed by atoms with Gasteiger partial charge in [0.05, 0.1) is 16.8 Å². The summed E-state index contributed by atoms with van der Waals surface area (Å²) in [7, 11) is 0. The number of hydrogen-bond acceptors (Lipinski definition) is 2. The van der Waals surface area contributed by atoms with Gasteiger partial charge < -0.3 is 0 Å². The molecule has 2 nitrogen and oxygen atoms in total. The number of benzene rings is 10. The second-order valence-electron chi connectivity index (χ2n) is 18.4. The predicted molar refractivity (Wildman–Crippen MR) is 274 cm³/mol. The molecule has 11 aromatic rings. The predicted octanol–water partition coefficient (Wildman–Crippen LogP) is 16.1. The smallest absolute Gasteiger partial charge is 0.161 e. The monoisotopic (exact) mass is 840 g/mol. The van der Waals surface area contributed by atoms with Gasteiger partial charge in [-0.1, -0.05) is 226 Å². The molecule has 10 aromatic carbocycles. The van der Waals surface area contributed by atoms with Crippen LogP contribution in [-0.2, 0) is 10.8 Å². The van der Waals surface area contributed by atoms with Gasteiger partial charge in [0.25, 0.3) is 0 Å². The third-order valence-corrected chi connectivity index (χ3v) is 14.6. The summed E-state index contributed by atoms with van der Waals surface area (Å²) < 4.78 is 0. The normalized spacial score (nSPS) is 13.8. The van der Waals surface area contributed by atoms with Gasteiger partial charge >= 0.3 is 0 Å². The fraction of sp³-hybridized carbons (Fsp3) is 0.0625. The van der Waals surface area contributed by atoms with Crippen LogP contribution in [0.3, 0.4) is 0 Å². The summed E-state index contributed by atoms with van der Waals surface area (Å²) in [4.78, 5) is 11.1. The van der Waals surface area contributed by atoms with E-state index in [1.165, 1.54) is 82.9 Å². The van der Waals surface area contributed by atoms with Crippen LogP contribution in [0.4, 0.5) is 0 Å². The maximum atomic E-state index is 5.65. The van der Waals surface area contributed by atoms with Gasteiger partial charge in [-0.15, -0.1) is 0 Å². The maximum Gasteiger partial charge on any atom is 0.161 e. The lowest BCUT2D eigenvalue weighted by atomic mass is 9.66.